The van der Waals surface area contributed by atoms with Crippen LogP contribution in [0, 0.1) is 0 Å². The monoisotopic (exact) mass is 770 g/mol. The number of nitrogens with zero attached hydrogens (tertiary/aromatic N) is 2. The van der Waals surface area contributed by atoms with E-state index in [0.29, 0.717) is 0 Å². The molecule has 278 valence electrons. The van der Waals surface area contributed by atoms with Crippen LogP contribution in [0.1, 0.15) is 0 Å². The molecule has 59 heavy (non-hydrogen) atoms. The molecule has 0 aliphatic heterocycles. The summed E-state index contributed by atoms with van der Waals surface area (Å²) in [7, 11) is 0. The summed E-state index contributed by atoms with van der Waals surface area (Å²) >= 11 is 1.89. The summed E-state index contributed by atoms with van der Waals surface area (Å²) in [6.45, 7) is 0. The third kappa shape index (κ3) is 6.29. The zero-order chi connectivity index (χ0) is 39.1. The Balaban J connectivity index is 1.03. The van der Waals surface area contributed by atoms with Crippen molar-refractivity contribution in [2.45, 2.75) is 0 Å². The molecule has 0 aliphatic rings. The fourth-order valence-electron chi connectivity index (χ4n) is 8.50. The molecular weight excluding hydrogens is 733 g/mol. The third-order valence-electron chi connectivity index (χ3n) is 11.4. The maximum atomic E-state index is 2.44. The van der Waals surface area contributed by atoms with Gasteiger partial charge in [-0.3, -0.25) is 0 Å². The first kappa shape index (κ1) is 34.8. The molecule has 11 rings (SSSR count). The van der Waals surface area contributed by atoms with Gasteiger partial charge in [0.15, 0.2) is 0 Å². The molecule has 0 saturated heterocycles. The Labute approximate surface area is 348 Å². The second kappa shape index (κ2) is 14.8. The minimum atomic E-state index is 1.11. The summed E-state index contributed by atoms with van der Waals surface area (Å²) in [5, 5.41) is 2.52. The van der Waals surface area contributed by atoms with Crippen molar-refractivity contribution in [3.05, 3.63) is 231 Å². The van der Waals surface area contributed by atoms with Crippen LogP contribution in [0.4, 0.5) is 17.1 Å². The maximum Gasteiger partial charge on any atom is 0.0728 e. The summed E-state index contributed by atoms with van der Waals surface area (Å²) in [5.74, 6) is 0. The average Bonchev–Trinajstić information content (AvgIpc) is 3.86. The van der Waals surface area contributed by atoms with Gasteiger partial charge in [0.2, 0.25) is 0 Å². The van der Waals surface area contributed by atoms with E-state index in [1.54, 1.807) is 0 Å². The normalized spacial score (nSPS) is 11.4. The minimum absolute atomic E-state index is 1.11. The Morgan fingerprint density at radius 2 is 0.695 bits per heavy atom. The summed E-state index contributed by atoms with van der Waals surface area (Å²) in [6.07, 6.45) is 0. The number of anilines is 3. The first-order valence-electron chi connectivity index (χ1n) is 20.1. The Bertz CT molecular complexity index is 3070. The number of para-hydroxylation sites is 2. The maximum absolute atomic E-state index is 2.44. The largest absolute Gasteiger partial charge is 0.309 e. The van der Waals surface area contributed by atoms with Gasteiger partial charge in [-0.15, -0.1) is 11.3 Å². The number of fused-ring (bicyclic) bond motifs is 5. The molecule has 3 heteroatoms. The van der Waals surface area contributed by atoms with E-state index in [0.717, 1.165) is 17.1 Å². The Kier molecular flexibility index (Phi) is 8.72. The summed E-state index contributed by atoms with van der Waals surface area (Å²) in [5.41, 5.74) is 16.7. The molecule has 0 aliphatic carbocycles. The zero-order valence-electron chi connectivity index (χ0n) is 32.2. The molecule has 9 aromatic carbocycles. The molecule has 2 nitrogen and oxygen atoms in total. The van der Waals surface area contributed by atoms with E-state index in [9.17, 15) is 0 Å². The fraction of sp³-hybridized carbons (Fsp3) is 0. The van der Waals surface area contributed by atoms with E-state index >= 15 is 0 Å². The van der Waals surface area contributed by atoms with Crippen molar-refractivity contribution < 1.29 is 0 Å². The van der Waals surface area contributed by atoms with Gasteiger partial charge in [0, 0.05) is 27.8 Å². The Hall–Kier alpha value is -7.46. The quantitative estimate of drug-likeness (QED) is 0.149. The van der Waals surface area contributed by atoms with Crippen LogP contribution < -0.4 is 4.90 Å². The van der Waals surface area contributed by atoms with E-state index < -0.39 is 0 Å². The predicted octanol–water partition coefficient (Wildman–Crippen LogP) is 16.1. The number of hydrogen-bond acceptors (Lipinski definition) is 2. The van der Waals surface area contributed by atoms with Crippen molar-refractivity contribution in [1.82, 2.24) is 4.57 Å². The van der Waals surface area contributed by atoms with Crippen LogP contribution in [0.5, 0.6) is 0 Å². The van der Waals surface area contributed by atoms with E-state index in [2.05, 4.69) is 240 Å². The van der Waals surface area contributed by atoms with E-state index in [4.69, 9.17) is 0 Å². The predicted molar refractivity (Wildman–Crippen MR) is 253 cm³/mol. The van der Waals surface area contributed by atoms with Crippen LogP contribution in [-0.4, -0.2) is 4.57 Å². The van der Waals surface area contributed by atoms with E-state index in [-0.39, 0.29) is 0 Å². The van der Waals surface area contributed by atoms with Crippen molar-refractivity contribution in [2.75, 3.05) is 4.90 Å². The molecule has 11 aromatic rings. The van der Waals surface area contributed by atoms with Crippen LogP contribution >= 0.6 is 11.3 Å². The van der Waals surface area contributed by atoms with Gasteiger partial charge in [0.25, 0.3) is 0 Å². The van der Waals surface area contributed by atoms with Gasteiger partial charge < -0.3 is 9.47 Å². The van der Waals surface area contributed by atoms with Crippen LogP contribution in [0.15, 0.2) is 231 Å². The highest BCUT2D eigenvalue weighted by Crippen LogP contribution is 2.48. The molecule has 0 N–H and O–H groups in total. The van der Waals surface area contributed by atoms with Gasteiger partial charge in [-0.2, -0.15) is 0 Å². The van der Waals surface area contributed by atoms with Crippen LogP contribution in [-0.2, 0) is 0 Å². The van der Waals surface area contributed by atoms with Crippen LogP contribution in [0.2, 0.25) is 0 Å². The van der Waals surface area contributed by atoms with E-state index in [1.165, 1.54) is 81.4 Å². The van der Waals surface area contributed by atoms with Crippen LogP contribution in [0.3, 0.4) is 0 Å². The second-order valence-corrected chi connectivity index (χ2v) is 16.0. The molecule has 2 aromatic heterocycles. The number of aromatic nitrogens is 1. The van der Waals surface area contributed by atoms with Crippen LogP contribution in [0.25, 0.3) is 81.4 Å². The Morgan fingerprint density at radius 1 is 0.305 bits per heavy atom. The average molecular weight is 771 g/mol. The smallest absolute Gasteiger partial charge is 0.0728 e. The highest BCUT2D eigenvalue weighted by atomic mass is 32.1. The molecule has 0 radical (unpaired) electrons. The van der Waals surface area contributed by atoms with Gasteiger partial charge >= 0.3 is 0 Å². The molecule has 0 amide bonds. The van der Waals surface area contributed by atoms with Gasteiger partial charge in [-0.05, 0) is 93.0 Å². The number of rotatable bonds is 8. The van der Waals surface area contributed by atoms with Gasteiger partial charge in [-0.1, -0.05) is 182 Å². The van der Waals surface area contributed by atoms with Gasteiger partial charge in [-0.25, -0.2) is 0 Å². The zero-order valence-corrected chi connectivity index (χ0v) is 33.1. The molecule has 0 atom stereocenters. The van der Waals surface area contributed by atoms with Gasteiger partial charge in [0.1, 0.15) is 0 Å². The molecule has 0 unspecified atom stereocenters. The number of thiophene rings is 1. The lowest BCUT2D eigenvalue weighted by Crippen LogP contribution is -2.10. The van der Waals surface area contributed by atoms with Crippen molar-refractivity contribution in [1.29, 1.82) is 0 Å². The van der Waals surface area contributed by atoms with Crippen molar-refractivity contribution in [2.24, 2.45) is 0 Å². The molecule has 0 bridgehead atoms. The standard InChI is InChI=1S/C56H38N2S/c1-4-13-39(14-5-1)41-23-27-43(28-24-41)45-31-35-48(36-32-45)57(49-37-33-46(34-38-49)44-29-25-42(26-30-44)40-15-6-2-7-16-40)53-22-12-20-51-54-56(59-55(51)53)50-19-10-11-21-52(50)58(54)47-17-8-3-9-18-47/h1-38H. The molecule has 2 heterocycles. The molecular formula is C56H38N2S. The molecule has 0 saturated carbocycles. The van der Waals surface area contributed by atoms with Gasteiger partial charge in [0.05, 0.1) is 26.1 Å². The van der Waals surface area contributed by atoms with Crippen molar-refractivity contribution >= 4 is 59.6 Å². The molecule has 0 fully saturated rings. The second-order valence-electron chi connectivity index (χ2n) is 14.9. The summed E-state index contributed by atoms with van der Waals surface area (Å²) < 4.78 is 5.00. The molecule has 0 spiro atoms. The van der Waals surface area contributed by atoms with Crippen molar-refractivity contribution in [3.8, 4) is 50.2 Å². The fourth-order valence-corrected chi connectivity index (χ4v) is 9.83. The lowest BCUT2D eigenvalue weighted by Gasteiger charge is -2.26. The lowest BCUT2D eigenvalue weighted by atomic mass is 9.99. The number of benzene rings is 9. The lowest BCUT2D eigenvalue weighted by molar-refractivity contribution is 1.19. The highest BCUT2D eigenvalue weighted by molar-refractivity contribution is 7.27. The Morgan fingerprint density at radius 3 is 1.19 bits per heavy atom. The van der Waals surface area contributed by atoms with E-state index in [1.807, 2.05) is 11.3 Å². The minimum Gasteiger partial charge on any atom is -0.309 e. The van der Waals surface area contributed by atoms with Crippen molar-refractivity contribution in [3.63, 3.8) is 0 Å². The topological polar surface area (TPSA) is 8.17 Å². The highest BCUT2D eigenvalue weighted by Gasteiger charge is 2.22. The summed E-state index contributed by atoms with van der Waals surface area (Å²) in [4.78, 5) is 2.43. The third-order valence-corrected chi connectivity index (χ3v) is 12.7. The number of hydrogen-bond donors (Lipinski definition) is 0. The summed E-state index contributed by atoms with van der Waals surface area (Å²) in [6, 6.07) is 83.3. The first-order valence-corrected chi connectivity index (χ1v) is 20.9. The first-order chi connectivity index (χ1) is 29.3. The SMILES string of the molecule is c1ccc(-c2ccc(-c3ccc(N(c4ccc(-c5ccc(-c6ccccc6)cc5)cc4)c4cccc5c4sc4c6ccccc6n(-c6ccccc6)c54)cc3)cc2)cc1.